The molecule has 2 unspecified atom stereocenters. The van der Waals surface area contributed by atoms with Crippen LogP contribution < -0.4 is 10.2 Å². The highest BCUT2D eigenvalue weighted by molar-refractivity contribution is 5.68. The van der Waals surface area contributed by atoms with E-state index in [1.54, 1.807) is 0 Å². The van der Waals surface area contributed by atoms with Crippen LogP contribution >= 0.6 is 0 Å². The fraction of sp³-hybridized carbons (Fsp3) is 0.320. The molecule has 4 aromatic rings. The van der Waals surface area contributed by atoms with E-state index in [0.29, 0.717) is 12.1 Å². The van der Waals surface area contributed by atoms with E-state index in [1.807, 2.05) is 30.7 Å². The van der Waals surface area contributed by atoms with E-state index >= 15 is 0 Å². The molecule has 7 nitrogen and oxygen atoms in total. The maximum Gasteiger partial charge on any atom is 0.212 e. The van der Waals surface area contributed by atoms with E-state index in [0.717, 1.165) is 41.8 Å². The first kappa shape index (κ1) is 19.3. The van der Waals surface area contributed by atoms with Crippen molar-refractivity contribution in [3.05, 3.63) is 72.7 Å². The Bertz CT molecular complexity index is 1250. The van der Waals surface area contributed by atoms with Gasteiger partial charge in [-0.15, -0.1) is 0 Å². The van der Waals surface area contributed by atoms with E-state index in [-0.39, 0.29) is 6.04 Å². The second kappa shape index (κ2) is 7.60. The number of aromatic nitrogens is 4. The summed E-state index contributed by atoms with van der Waals surface area (Å²) in [5.41, 5.74) is 4.11. The molecule has 0 aliphatic carbocycles. The van der Waals surface area contributed by atoms with Gasteiger partial charge in [0.1, 0.15) is 11.5 Å². The Morgan fingerprint density at radius 3 is 2.66 bits per heavy atom. The molecule has 2 aliphatic heterocycles. The third-order valence-electron chi connectivity index (χ3n) is 6.86. The minimum atomic E-state index is 0.161. The Morgan fingerprint density at radius 2 is 1.88 bits per heavy atom. The zero-order valence-corrected chi connectivity index (χ0v) is 18.4. The molecule has 0 radical (unpaired) electrons. The van der Waals surface area contributed by atoms with Crippen molar-refractivity contribution in [2.75, 3.05) is 30.4 Å². The number of likely N-dealkylation sites (tertiary alicyclic amines) is 1. The standard InChI is InChI=1S/C25H27N7/c1-17(18-6-4-3-5-7-18)28-23-12-19(8-9-26-23)22-14-24-27-10-11-31(24)25(29-22)32-16-20-13-21(32)15-30(20)2/h3-12,14,17,20-21H,13,15-16H2,1-2H3,(H,26,28)/t17-,20?,21?/m0/s1. The lowest BCUT2D eigenvalue weighted by atomic mass is 10.1. The molecule has 2 aliphatic rings. The normalized spacial score (nSPS) is 21.4. The Labute approximate surface area is 187 Å². The number of benzene rings is 1. The van der Waals surface area contributed by atoms with Crippen LogP contribution in [0.2, 0.25) is 0 Å². The summed E-state index contributed by atoms with van der Waals surface area (Å²) in [5.74, 6) is 1.83. The summed E-state index contributed by atoms with van der Waals surface area (Å²) < 4.78 is 2.11. The second-order valence-corrected chi connectivity index (χ2v) is 8.94. The molecule has 2 fully saturated rings. The van der Waals surface area contributed by atoms with Gasteiger partial charge in [-0.25, -0.2) is 15.0 Å². The van der Waals surface area contributed by atoms with E-state index in [4.69, 9.17) is 4.98 Å². The predicted molar refractivity (Wildman–Crippen MR) is 127 cm³/mol. The van der Waals surface area contributed by atoms with Gasteiger partial charge >= 0.3 is 0 Å². The lowest BCUT2D eigenvalue weighted by molar-refractivity contribution is 0.291. The molecule has 32 heavy (non-hydrogen) atoms. The minimum Gasteiger partial charge on any atom is -0.364 e. The van der Waals surface area contributed by atoms with Gasteiger partial charge in [-0.05, 0) is 38.1 Å². The molecule has 1 N–H and O–H groups in total. The summed E-state index contributed by atoms with van der Waals surface area (Å²) in [6, 6.07) is 17.9. The van der Waals surface area contributed by atoms with Gasteiger partial charge in [0.25, 0.3) is 0 Å². The smallest absolute Gasteiger partial charge is 0.212 e. The van der Waals surface area contributed by atoms with Crippen molar-refractivity contribution in [3.8, 4) is 11.3 Å². The van der Waals surface area contributed by atoms with Crippen LogP contribution in [-0.2, 0) is 0 Å². The van der Waals surface area contributed by atoms with E-state index < -0.39 is 0 Å². The van der Waals surface area contributed by atoms with Gasteiger partial charge in [-0.1, -0.05) is 30.3 Å². The average molecular weight is 426 g/mol. The first-order chi connectivity index (χ1) is 15.7. The van der Waals surface area contributed by atoms with Gasteiger partial charge in [0, 0.05) is 61.4 Å². The number of anilines is 2. The van der Waals surface area contributed by atoms with Crippen molar-refractivity contribution < 1.29 is 0 Å². The fourth-order valence-corrected chi connectivity index (χ4v) is 5.08. The number of imidazole rings is 1. The zero-order valence-electron chi connectivity index (χ0n) is 18.4. The summed E-state index contributed by atoms with van der Waals surface area (Å²) in [4.78, 5) is 19.2. The Kier molecular flexibility index (Phi) is 4.57. The van der Waals surface area contributed by atoms with Crippen molar-refractivity contribution in [2.45, 2.75) is 31.5 Å². The number of rotatable bonds is 5. The highest BCUT2D eigenvalue weighted by Gasteiger charge is 2.42. The van der Waals surface area contributed by atoms with Crippen molar-refractivity contribution in [2.24, 2.45) is 0 Å². The molecular weight excluding hydrogens is 398 g/mol. The van der Waals surface area contributed by atoms with Crippen LogP contribution in [0.3, 0.4) is 0 Å². The third kappa shape index (κ3) is 3.29. The quantitative estimate of drug-likeness (QED) is 0.524. The molecule has 7 heteroatoms. The van der Waals surface area contributed by atoms with E-state index in [1.165, 1.54) is 12.0 Å². The van der Waals surface area contributed by atoms with Crippen LogP contribution in [0.4, 0.5) is 11.8 Å². The number of nitrogens with one attached hydrogen (secondary N) is 1. The summed E-state index contributed by atoms with van der Waals surface area (Å²) in [6.07, 6.45) is 6.92. The molecule has 3 aromatic heterocycles. The topological polar surface area (TPSA) is 61.6 Å². The van der Waals surface area contributed by atoms with Gasteiger partial charge in [0.2, 0.25) is 5.95 Å². The maximum atomic E-state index is 5.12. The van der Waals surface area contributed by atoms with E-state index in [2.05, 4.69) is 79.9 Å². The highest BCUT2D eigenvalue weighted by atomic mass is 15.4. The van der Waals surface area contributed by atoms with Crippen LogP contribution in [0.5, 0.6) is 0 Å². The molecule has 5 heterocycles. The molecule has 162 valence electrons. The number of likely N-dealkylation sites (N-methyl/N-ethyl adjacent to an activating group) is 1. The first-order valence-electron chi connectivity index (χ1n) is 11.2. The molecule has 1 aromatic carbocycles. The van der Waals surface area contributed by atoms with Crippen molar-refractivity contribution in [1.82, 2.24) is 24.3 Å². The van der Waals surface area contributed by atoms with Crippen molar-refractivity contribution in [3.63, 3.8) is 0 Å². The number of hydrogen-bond donors (Lipinski definition) is 1. The van der Waals surface area contributed by atoms with Crippen LogP contribution in [0.25, 0.3) is 16.9 Å². The zero-order chi connectivity index (χ0) is 21.7. The van der Waals surface area contributed by atoms with Crippen molar-refractivity contribution in [1.29, 1.82) is 0 Å². The molecule has 2 bridgehead atoms. The molecule has 3 atom stereocenters. The average Bonchev–Trinajstić information content (AvgIpc) is 3.54. The lowest BCUT2D eigenvalue weighted by Gasteiger charge is -2.33. The molecule has 0 amide bonds. The first-order valence-corrected chi connectivity index (χ1v) is 11.2. The summed E-state index contributed by atoms with van der Waals surface area (Å²) in [7, 11) is 2.22. The molecule has 0 spiro atoms. The van der Waals surface area contributed by atoms with Crippen LogP contribution in [-0.4, -0.2) is 56.5 Å². The highest BCUT2D eigenvalue weighted by Crippen LogP contribution is 2.34. The lowest BCUT2D eigenvalue weighted by Crippen LogP contribution is -2.45. The minimum absolute atomic E-state index is 0.161. The van der Waals surface area contributed by atoms with Gasteiger partial charge in [-0.3, -0.25) is 9.30 Å². The number of fused-ring (bicyclic) bond motifs is 3. The SMILES string of the molecule is C[C@H](Nc1cc(-c2cc3nccn3c(N3CC4CC3CN4C)n2)ccn1)c1ccccc1. The Hall–Kier alpha value is -3.45. The van der Waals surface area contributed by atoms with Gasteiger partial charge in [0.05, 0.1) is 5.69 Å². The van der Waals surface area contributed by atoms with Crippen molar-refractivity contribution >= 4 is 17.4 Å². The van der Waals surface area contributed by atoms with Gasteiger partial charge in [0.15, 0.2) is 0 Å². The summed E-state index contributed by atoms with van der Waals surface area (Å²) in [6.45, 7) is 4.26. The van der Waals surface area contributed by atoms with E-state index in [9.17, 15) is 0 Å². The Balaban J connectivity index is 1.34. The van der Waals surface area contributed by atoms with Crippen LogP contribution in [0.15, 0.2) is 67.1 Å². The molecular formula is C25H27N7. The molecule has 2 saturated heterocycles. The number of pyridine rings is 1. The third-order valence-corrected chi connectivity index (χ3v) is 6.86. The maximum absolute atomic E-state index is 5.12. The second-order valence-electron chi connectivity index (χ2n) is 8.94. The number of nitrogens with zero attached hydrogens (tertiary/aromatic N) is 6. The van der Waals surface area contributed by atoms with Gasteiger partial charge < -0.3 is 10.2 Å². The molecule has 6 rings (SSSR count). The summed E-state index contributed by atoms with van der Waals surface area (Å²) in [5, 5.41) is 3.52. The monoisotopic (exact) mass is 425 g/mol. The predicted octanol–water partition coefficient (Wildman–Crippen LogP) is 3.86. The van der Waals surface area contributed by atoms with Gasteiger partial charge in [-0.2, -0.15) is 0 Å². The van der Waals surface area contributed by atoms with Crippen LogP contribution in [0.1, 0.15) is 24.9 Å². The molecule has 0 saturated carbocycles. The largest absolute Gasteiger partial charge is 0.364 e. The number of piperazine rings is 1. The fourth-order valence-electron chi connectivity index (χ4n) is 5.08. The Morgan fingerprint density at radius 1 is 1.00 bits per heavy atom. The van der Waals surface area contributed by atoms with Crippen LogP contribution in [0, 0.1) is 0 Å². The number of hydrogen-bond acceptors (Lipinski definition) is 6. The summed E-state index contributed by atoms with van der Waals surface area (Å²) >= 11 is 0.